The van der Waals surface area contributed by atoms with Gasteiger partial charge < -0.3 is 91.0 Å². The highest BCUT2D eigenvalue weighted by molar-refractivity contribution is 5.87. The van der Waals surface area contributed by atoms with E-state index < -0.39 is 136 Å². The smallest absolute Gasteiger partial charge is 0.407 e. The molecule has 23 heteroatoms. The van der Waals surface area contributed by atoms with E-state index in [9.17, 15) is 65.2 Å². The first kappa shape index (κ1) is 58.2. The minimum absolute atomic E-state index is 0.140. The molecule has 2 fully saturated rings. The number of carbonyl (C=O) groups is 4. The Morgan fingerprint density at radius 1 is 0.676 bits per heavy atom. The van der Waals surface area contributed by atoms with Gasteiger partial charge in [0, 0.05) is 52.3 Å². The van der Waals surface area contributed by atoms with Crippen molar-refractivity contribution in [2.45, 2.75) is 171 Å². The lowest BCUT2D eigenvalue weighted by Crippen LogP contribution is -2.65. The maximum absolute atomic E-state index is 13.6. The molecule has 0 saturated carbocycles. The van der Waals surface area contributed by atoms with E-state index in [0.29, 0.717) is 12.0 Å². The lowest BCUT2D eigenvalue weighted by atomic mass is 9.98. The van der Waals surface area contributed by atoms with Crippen molar-refractivity contribution >= 4 is 30.0 Å². The Balaban J connectivity index is 1.72. The third-order valence-electron chi connectivity index (χ3n) is 11.4. The summed E-state index contributed by atoms with van der Waals surface area (Å²) in [5, 5.41) is 105. The number of nitrogens with zero attached hydrogens (tertiary/aromatic N) is 1. The van der Waals surface area contributed by atoms with Crippen LogP contribution in [0.25, 0.3) is 0 Å². The van der Waals surface area contributed by atoms with E-state index in [1.54, 1.807) is 45.0 Å². The van der Waals surface area contributed by atoms with Crippen LogP contribution in [0.2, 0.25) is 0 Å². The molecule has 0 radical (unpaired) electrons. The standard InChI is InChI=1S/C45H75N5O18/c1-5-6-7-8-9-10-11-12-19-46-43(62)66-27-45(25-64-41-39(60)37(58)35(56)30(23-51)67-41,26-65-42-40(61)38(59)36(57)31(24-52)68-42)49-34(55)21-48-33(54)18-17-32(53)47-20-28-13-15-29(16-14-28)22-50(63)44(2,3)4/h13-16,22,30-31,35-42,51-52,56-61H,5-12,17-21,23-27H2,1-4H3,(H,46,62)(H,47,53)(H,48,54)(H,49,55)/b50-22-/t30-,31-,35+,36+,37+,38+,39-,40-,41-,42-/m1/s1. The number of carbonyl (C=O) groups excluding carboxylic acids is 4. The highest BCUT2D eigenvalue weighted by atomic mass is 16.7. The van der Waals surface area contributed by atoms with Gasteiger partial charge in [0.2, 0.25) is 17.7 Å². The number of aliphatic hydroxyl groups is 8. The Morgan fingerprint density at radius 2 is 1.18 bits per heavy atom. The molecule has 10 atom stereocenters. The number of aliphatic hydroxyl groups excluding tert-OH is 8. The first-order valence-corrected chi connectivity index (χ1v) is 23.2. The quantitative estimate of drug-likeness (QED) is 0.0146. The van der Waals surface area contributed by atoms with E-state index in [2.05, 4.69) is 28.2 Å². The highest BCUT2D eigenvalue weighted by Gasteiger charge is 2.48. The van der Waals surface area contributed by atoms with Crippen LogP contribution in [-0.2, 0) is 44.6 Å². The third kappa shape index (κ3) is 19.4. The molecule has 4 amide bonds. The molecule has 3 rings (SSSR count). The van der Waals surface area contributed by atoms with E-state index in [0.717, 1.165) is 48.8 Å². The summed E-state index contributed by atoms with van der Waals surface area (Å²) in [4.78, 5) is 52.1. The summed E-state index contributed by atoms with van der Waals surface area (Å²) >= 11 is 0. The zero-order chi connectivity index (χ0) is 50.4. The highest BCUT2D eigenvalue weighted by Crippen LogP contribution is 2.26. The van der Waals surface area contributed by atoms with Crippen molar-refractivity contribution in [3.63, 3.8) is 0 Å². The maximum atomic E-state index is 13.6. The predicted octanol–water partition coefficient (Wildman–Crippen LogP) is -1.72. The van der Waals surface area contributed by atoms with Crippen LogP contribution in [0.4, 0.5) is 4.79 Å². The Labute approximate surface area is 396 Å². The van der Waals surface area contributed by atoms with Gasteiger partial charge in [-0.2, -0.15) is 0 Å². The van der Waals surface area contributed by atoms with Gasteiger partial charge in [0.25, 0.3) is 0 Å². The molecule has 388 valence electrons. The van der Waals surface area contributed by atoms with Gasteiger partial charge in [-0.1, -0.05) is 64.0 Å². The lowest BCUT2D eigenvalue weighted by molar-refractivity contribution is -0.530. The Hall–Kier alpha value is -4.11. The van der Waals surface area contributed by atoms with E-state index in [1.165, 1.54) is 12.6 Å². The molecule has 1 aromatic rings. The van der Waals surface area contributed by atoms with E-state index in [-0.39, 0.29) is 25.9 Å². The topological polar surface area (TPSA) is 350 Å². The Morgan fingerprint density at radius 3 is 1.68 bits per heavy atom. The molecule has 12 N–H and O–H groups in total. The van der Waals surface area contributed by atoms with Gasteiger partial charge >= 0.3 is 6.09 Å². The van der Waals surface area contributed by atoms with Gasteiger partial charge in [-0.3, -0.25) is 14.4 Å². The van der Waals surface area contributed by atoms with Gasteiger partial charge in [-0.05, 0) is 24.1 Å². The van der Waals surface area contributed by atoms with Crippen molar-refractivity contribution in [1.29, 1.82) is 0 Å². The van der Waals surface area contributed by atoms with Crippen molar-refractivity contribution in [2.75, 3.05) is 46.1 Å². The average molecular weight is 974 g/mol. The lowest BCUT2D eigenvalue weighted by Gasteiger charge is -2.43. The SMILES string of the molecule is CCCCCCCCCCNC(=O)OCC(CO[C@@H]1O[C@H](CO)[C@H](O)[C@H](O)[C@H]1O)(CO[C@@H]1O[C@H](CO)[C@H](O)[C@H](O)[C@H]1O)NC(=O)CNC(=O)CCC(=O)NCc1ccc(/C=[N+](\[O-])C(C)(C)C)cc1. The van der Waals surface area contributed by atoms with Gasteiger partial charge in [0.15, 0.2) is 24.3 Å². The normalized spacial score (nSPS) is 25.6. The summed E-state index contributed by atoms with van der Waals surface area (Å²) in [6, 6.07) is 6.95. The van der Waals surface area contributed by atoms with E-state index in [1.807, 2.05) is 0 Å². The molecule has 2 saturated heterocycles. The molecule has 1 aromatic carbocycles. The number of benzene rings is 1. The van der Waals surface area contributed by atoms with Gasteiger partial charge in [-0.25, -0.2) is 9.53 Å². The Kier molecular flexibility index (Phi) is 25.0. The zero-order valence-electron chi connectivity index (χ0n) is 39.5. The van der Waals surface area contributed by atoms with Gasteiger partial charge in [0.1, 0.15) is 61.0 Å². The molecule has 0 aliphatic carbocycles. The first-order valence-electron chi connectivity index (χ1n) is 23.2. The number of amides is 4. The molecule has 0 unspecified atom stereocenters. The first-order chi connectivity index (χ1) is 32.2. The molecule has 68 heavy (non-hydrogen) atoms. The fraction of sp³-hybridized carbons (Fsp3) is 0.756. The minimum Gasteiger partial charge on any atom is -0.623 e. The minimum atomic E-state index is -2.05. The van der Waals surface area contributed by atoms with Crippen molar-refractivity contribution in [2.24, 2.45) is 0 Å². The van der Waals surface area contributed by atoms with Crippen LogP contribution in [0.15, 0.2) is 24.3 Å². The number of ether oxygens (including phenoxy) is 5. The molecule has 0 spiro atoms. The fourth-order valence-electron chi connectivity index (χ4n) is 7.00. The second-order valence-electron chi connectivity index (χ2n) is 18.2. The van der Waals surface area contributed by atoms with Crippen LogP contribution in [0.3, 0.4) is 0 Å². The molecule has 2 aliphatic rings. The van der Waals surface area contributed by atoms with Crippen LogP contribution in [0.5, 0.6) is 0 Å². The van der Waals surface area contributed by atoms with Crippen molar-refractivity contribution in [1.82, 2.24) is 21.3 Å². The number of hydroxylamine groups is 1. The zero-order valence-corrected chi connectivity index (χ0v) is 39.5. The molecule has 0 bridgehead atoms. The maximum Gasteiger partial charge on any atom is 0.407 e. The van der Waals surface area contributed by atoms with Gasteiger partial charge in [0.05, 0.1) is 33.0 Å². The number of alkyl carbamates (subject to hydrolysis) is 1. The number of rotatable bonds is 28. The van der Waals surface area contributed by atoms with Crippen molar-refractivity contribution < 1.29 is 88.5 Å². The number of unbranched alkanes of at least 4 members (excludes halogenated alkanes) is 7. The summed E-state index contributed by atoms with van der Waals surface area (Å²) < 4.78 is 28.9. The largest absolute Gasteiger partial charge is 0.623 e. The molecule has 0 aromatic heterocycles. The fourth-order valence-corrected chi connectivity index (χ4v) is 7.00. The van der Waals surface area contributed by atoms with Crippen LogP contribution < -0.4 is 21.3 Å². The summed E-state index contributed by atoms with van der Waals surface area (Å²) in [6.45, 7) is 3.17. The molecular formula is C45H75N5O18. The van der Waals surface area contributed by atoms with Crippen LogP contribution in [0, 0.1) is 5.21 Å². The average Bonchev–Trinajstić information content (AvgIpc) is 3.31. The van der Waals surface area contributed by atoms with Crippen molar-refractivity contribution in [3.05, 3.63) is 40.6 Å². The second kappa shape index (κ2) is 29.2. The van der Waals surface area contributed by atoms with E-state index in [4.69, 9.17) is 23.7 Å². The number of hydrogen-bond acceptors (Lipinski definition) is 18. The summed E-state index contributed by atoms with van der Waals surface area (Å²) in [5.41, 5.74) is -1.25. The summed E-state index contributed by atoms with van der Waals surface area (Å²) in [7, 11) is 0. The third-order valence-corrected chi connectivity index (χ3v) is 11.4. The molecule has 23 nitrogen and oxygen atoms in total. The van der Waals surface area contributed by atoms with Crippen LogP contribution in [0.1, 0.15) is 103 Å². The number of nitrogens with one attached hydrogen (secondary N) is 4. The summed E-state index contributed by atoms with van der Waals surface area (Å²) in [6.07, 6.45) is -9.31. The second-order valence-corrected chi connectivity index (χ2v) is 18.2. The molecule has 2 heterocycles. The monoisotopic (exact) mass is 974 g/mol. The number of hydrogen-bond donors (Lipinski definition) is 12. The molecule has 2 aliphatic heterocycles. The van der Waals surface area contributed by atoms with E-state index >= 15 is 0 Å². The molecular weight excluding hydrogens is 899 g/mol. The van der Waals surface area contributed by atoms with Crippen LogP contribution in [-0.4, -0.2) is 194 Å². The van der Waals surface area contributed by atoms with Gasteiger partial charge in [-0.15, -0.1) is 0 Å². The Bertz CT molecular complexity index is 1670. The predicted molar refractivity (Wildman–Crippen MR) is 241 cm³/mol. The van der Waals surface area contributed by atoms with Crippen LogP contribution >= 0.6 is 0 Å². The summed E-state index contributed by atoms with van der Waals surface area (Å²) in [5.74, 6) is -2.11. The van der Waals surface area contributed by atoms with Crippen molar-refractivity contribution in [3.8, 4) is 0 Å².